The van der Waals surface area contributed by atoms with E-state index in [4.69, 9.17) is 4.98 Å². The van der Waals surface area contributed by atoms with Gasteiger partial charge in [0.2, 0.25) is 0 Å². The Hall–Kier alpha value is -3.32. The van der Waals surface area contributed by atoms with Crippen LogP contribution in [-0.2, 0) is 0 Å². The minimum Gasteiger partial charge on any atom is -0.367 e. The Kier molecular flexibility index (Phi) is 4.21. The van der Waals surface area contributed by atoms with Gasteiger partial charge in [-0.1, -0.05) is 6.07 Å². The number of aryl methyl sites for hydroxylation is 1. The van der Waals surface area contributed by atoms with Crippen LogP contribution in [0.15, 0.2) is 48.8 Å². The van der Waals surface area contributed by atoms with Crippen molar-refractivity contribution in [2.75, 3.05) is 31.1 Å². The molecule has 0 aliphatic carbocycles. The van der Waals surface area contributed by atoms with E-state index in [9.17, 15) is 0 Å². The Morgan fingerprint density at radius 1 is 0.964 bits per heavy atom. The summed E-state index contributed by atoms with van der Waals surface area (Å²) in [5, 5.41) is 10.7. The molecule has 5 rings (SSSR count). The third kappa shape index (κ3) is 2.99. The zero-order chi connectivity index (χ0) is 18.9. The number of fused-ring (bicyclic) bond motifs is 1. The minimum atomic E-state index is 0.864. The summed E-state index contributed by atoms with van der Waals surface area (Å²) in [6.07, 6.45) is 3.68. The predicted molar refractivity (Wildman–Crippen MR) is 110 cm³/mol. The molecule has 0 spiro atoms. The minimum absolute atomic E-state index is 0.864. The number of hydrogen-bond acceptors (Lipinski definition) is 6. The van der Waals surface area contributed by atoms with E-state index in [1.807, 2.05) is 49.6 Å². The molecule has 140 valence electrons. The maximum absolute atomic E-state index is 4.99. The van der Waals surface area contributed by atoms with E-state index in [0.29, 0.717) is 0 Å². The van der Waals surface area contributed by atoms with Gasteiger partial charge in [-0.3, -0.25) is 15.1 Å². The average molecular weight is 371 g/mol. The number of nitrogens with zero attached hydrogens (tertiary/aromatic N) is 5. The van der Waals surface area contributed by atoms with Gasteiger partial charge in [-0.25, -0.2) is 4.98 Å². The van der Waals surface area contributed by atoms with Gasteiger partial charge in [0.15, 0.2) is 0 Å². The van der Waals surface area contributed by atoms with Crippen LogP contribution in [0.1, 0.15) is 5.69 Å². The van der Waals surface area contributed by atoms with Crippen molar-refractivity contribution in [3.8, 4) is 22.6 Å². The number of pyridine rings is 3. The molecule has 0 unspecified atom stereocenters. The van der Waals surface area contributed by atoms with Crippen LogP contribution in [0.4, 0.5) is 5.69 Å². The zero-order valence-electron chi connectivity index (χ0n) is 15.7. The number of hydrogen-bond donors (Lipinski definition) is 2. The van der Waals surface area contributed by atoms with Gasteiger partial charge in [-0.2, -0.15) is 5.10 Å². The van der Waals surface area contributed by atoms with Gasteiger partial charge in [0.05, 0.1) is 34.5 Å². The summed E-state index contributed by atoms with van der Waals surface area (Å²) < 4.78 is 0. The highest BCUT2D eigenvalue weighted by Crippen LogP contribution is 2.31. The topological polar surface area (TPSA) is 82.6 Å². The number of anilines is 1. The summed E-state index contributed by atoms with van der Waals surface area (Å²) in [5.41, 5.74) is 7.47. The van der Waals surface area contributed by atoms with Gasteiger partial charge in [-0.05, 0) is 37.3 Å². The van der Waals surface area contributed by atoms with Crippen molar-refractivity contribution in [1.82, 2.24) is 30.5 Å². The monoisotopic (exact) mass is 371 g/mol. The Balaban J connectivity index is 1.62. The first-order valence-corrected chi connectivity index (χ1v) is 9.49. The van der Waals surface area contributed by atoms with E-state index in [1.165, 1.54) is 0 Å². The smallest absolute Gasteiger partial charge is 0.113 e. The largest absolute Gasteiger partial charge is 0.367 e. The molecule has 1 fully saturated rings. The van der Waals surface area contributed by atoms with Gasteiger partial charge >= 0.3 is 0 Å². The highest BCUT2D eigenvalue weighted by Gasteiger charge is 2.17. The molecule has 0 amide bonds. The number of rotatable bonds is 3. The lowest BCUT2D eigenvalue weighted by molar-refractivity contribution is 0.590. The van der Waals surface area contributed by atoms with Crippen molar-refractivity contribution >= 4 is 16.7 Å². The lowest BCUT2D eigenvalue weighted by atomic mass is 10.1. The normalized spacial score (nSPS) is 14.5. The number of aromatic nitrogens is 5. The van der Waals surface area contributed by atoms with Gasteiger partial charge in [-0.15, -0.1) is 0 Å². The highest BCUT2D eigenvalue weighted by molar-refractivity contribution is 5.90. The molecule has 0 saturated carbocycles. The molecule has 1 aliphatic rings. The fraction of sp³-hybridized carbons (Fsp3) is 0.238. The fourth-order valence-electron chi connectivity index (χ4n) is 3.68. The van der Waals surface area contributed by atoms with Crippen LogP contribution >= 0.6 is 0 Å². The number of piperazine rings is 1. The maximum atomic E-state index is 4.99. The Bertz CT molecular complexity index is 1130. The first-order valence-electron chi connectivity index (χ1n) is 9.49. The van der Waals surface area contributed by atoms with Crippen LogP contribution in [0.2, 0.25) is 0 Å². The lowest BCUT2D eigenvalue weighted by Crippen LogP contribution is -2.43. The zero-order valence-corrected chi connectivity index (χ0v) is 15.7. The van der Waals surface area contributed by atoms with E-state index >= 15 is 0 Å². The van der Waals surface area contributed by atoms with Crippen molar-refractivity contribution in [1.29, 1.82) is 0 Å². The molecule has 4 aromatic rings. The summed E-state index contributed by atoms with van der Waals surface area (Å²) in [6.45, 7) is 5.88. The number of nitrogens with one attached hydrogen (secondary N) is 2. The molecule has 5 heterocycles. The number of aromatic amines is 1. The quantitative estimate of drug-likeness (QED) is 0.576. The van der Waals surface area contributed by atoms with Gasteiger partial charge in [0, 0.05) is 43.6 Å². The van der Waals surface area contributed by atoms with Gasteiger partial charge in [0.1, 0.15) is 5.52 Å². The summed E-state index contributed by atoms with van der Waals surface area (Å²) in [6, 6.07) is 12.1. The van der Waals surface area contributed by atoms with Crippen molar-refractivity contribution in [3.63, 3.8) is 0 Å². The van der Waals surface area contributed by atoms with Gasteiger partial charge in [0.25, 0.3) is 0 Å². The molecule has 7 nitrogen and oxygen atoms in total. The fourth-order valence-corrected chi connectivity index (χ4v) is 3.68. The van der Waals surface area contributed by atoms with E-state index in [2.05, 4.69) is 36.4 Å². The molecule has 2 N–H and O–H groups in total. The van der Waals surface area contributed by atoms with E-state index in [0.717, 1.165) is 71.2 Å². The molecule has 0 bridgehead atoms. The summed E-state index contributed by atoms with van der Waals surface area (Å²) in [7, 11) is 0. The average Bonchev–Trinajstić information content (AvgIpc) is 3.23. The summed E-state index contributed by atoms with van der Waals surface area (Å²) in [5.74, 6) is 0. The third-order valence-corrected chi connectivity index (χ3v) is 5.08. The molecule has 7 heteroatoms. The van der Waals surface area contributed by atoms with Crippen molar-refractivity contribution < 1.29 is 0 Å². The first kappa shape index (κ1) is 16.8. The van der Waals surface area contributed by atoms with Crippen molar-refractivity contribution in [2.24, 2.45) is 0 Å². The van der Waals surface area contributed by atoms with E-state index in [-0.39, 0.29) is 0 Å². The van der Waals surface area contributed by atoms with Crippen LogP contribution in [0.5, 0.6) is 0 Å². The molecule has 1 saturated heterocycles. The summed E-state index contributed by atoms with van der Waals surface area (Å²) >= 11 is 0. The number of H-pyrrole nitrogens is 1. The lowest BCUT2D eigenvalue weighted by Gasteiger charge is -2.29. The van der Waals surface area contributed by atoms with E-state index in [1.54, 1.807) is 0 Å². The molecule has 0 atom stereocenters. The molecule has 28 heavy (non-hydrogen) atoms. The SMILES string of the molecule is Cc1cccc(-c2[nH]ncc2-c2ccc3nccc(N4CCNCC4)c3n2)n1. The molecule has 4 aromatic heterocycles. The van der Waals surface area contributed by atoms with Crippen LogP contribution in [0, 0.1) is 6.92 Å². The third-order valence-electron chi connectivity index (χ3n) is 5.08. The second-order valence-electron chi connectivity index (χ2n) is 6.95. The second kappa shape index (κ2) is 7.01. The maximum Gasteiger partial charge on any atom is 0.113 e. The Labute approximate surface area is 162 Å². The Morgan fingerprint density at radius 3 is 2.71 bits per heavy atom. The highest BCUT2D eigenvalue weighted by atomic mass is 15.2. The van der Waals surface area contributed by atoms with Gasteiger partial charge < -0.3 is 10.2 Å². The van der Waals surface area contributed by atoms with Crippen LogP contribution in [0.25, 0.3) is 33.7 Å². The van der Waals surface area contributed by atoms with Crippen LogP contribution in [0.3, 0.4) is 0 Å². The van der Waals surface area contributed by atoms with Crippen LogP contribution in [-0.4, -0.2) is 51.3 Å². The standard InChI is InChI=1S/C21H21N7/c1-14-3-2-4-18(25-14)20-15(13-24-27-20)16-5-6-17-21(26-16)19(7-8-23-17)28-11-9-22-10-12-28/h2-8,13,22H,9-12H2,1H3,(H,24,27). The second-order valence-corrected chi connectivity index (χ2v) is 6.95. The summed E-state index contributed by atoms with van der Waals surface area (Å²) in [4.78, 5) is 16.5. The first-order chi connectivity index (χ1) is 13.8. The Morgan fingerprint density at radius 2 is 1.86 bits per heavy atom. The van der Waals surface area contributed by atoms with Crippen molar-refractivity contribution in [3.05, 3.63) is 54.5 Å². The predicted octanol–water partition coefficient (Wildman–Crippen LogP) is 2.80. The van der Waals surface area contributed by atoms with Crippen LogP contribution < -0.4 is 10.2 Å². The molecular formula is C21H21N7. The molecule has 0 aromatic carbocycles. The van der Waals surface area contributed by atoms with Crippen molar-refractivity contribution in [2.45, 2.75) is 6.92 Å². The van der Waals surface area contributed by atoms with E-state index < -0.39 is 0 Å². The molecule has 1 aliphatic heterocycles. The molecule has 0 radical (unpaired) electrons. The molecular weight excluding hydrogens is 350 g/mol.